The normalized spacial score (nSPS) is 18.7. The van der Waals surface area contributed by atoms with Gasteiger partial charge >= 0.3 is 0 Å². The number of benzene rings is 1. The first-order valence-corrected chi connectivity index (χ1v) is 9.95. The van der Waals surface area contributed by atoms with Crippen molar-refractivity contribution in [1.82, 2.24) is 24.6 Å². The van der Waals surface area contributed by atoms with Crippen molar-refractivity contribution in [2.24, 2.45) is 7.05 Å². The number of ether oxygens (including phenoxy) is 2. The van der Waals surface area contributed by atoms with Gasteiger partial charge in [-0.1, -0.05) is 0 Å². The van der Waals surface area contributed by atoms with Gasteiger partial charge in [0.25, 0.3) is 5.91 Å². The number of fused-ring (bicyclic) bond motifs is 2. The Morgan fingerprint density at radius 1 is 1.38 bits per heavy atom. The van der Waals surface area contributed by atoms with Gasteiger partial charge in [-0.2, -0.15) is 5.10 Å². The molecular formula is C21H27N5O3. The standard InChI is InChI=1S/C21H27N5O3/c1-6-26-20(15-9-12(2)29-13(3)19(15)24-26)21(27)22-11-18-23-16-10-14(28-5)7-8-17(16)25(18)4/h7-8,10,12-13H,6,9,11H2,1-5H3,(H,22,27)/t12-,13+/m0/s1. The second-order valence-electron chi connectivity index (χ2n) is 7.45. The van der Waals surface area contributed by atoms with Gasteiger partial charge in [0.05, 0.1) is 42.6 Å². The van der Waals surface area contributed by atoms with Gasteiger partial charge in [-0.15, -0.1) is 0 Å². The van der Waals surface area contributed by atoms with E-state index in [1.54, 1.807) is 11.8 Å². The van der Waals surface area contributed by atoms with E-state index in [2.05, 4.69) is 15.4 Å². The van der Waals surface area contributed by atoms with Crippen LogP contribution in [0.5, 0.6) is 5.75 Å². The van der Waals surface area contributed by atoms with E-state index < -0.39 is 0 Å². The van der Waals surface area contributed by atoms with Crippen molar-refractivity contribution in [2.75, 3.05) is 7.11 Å². The summed E-state index contributed by atoms with van der Waals surface area (Å²) in [6.45, 7) is 6.96. The number of hydrogen-bond donors (Lipinski definition) is 1. The first-order valence-electron chi connectivity index (χ1n) is 9.95. The second-order valence-corrected chi connectivity index (χ2v) is 7.45. The summed E-state index contributed by atoms with van der Waals surface area (Å²) in [5.41, 5.74) is 4.32. The first-order chi connectivity index (χ1) is 13.9. The highest BCUT2D eigenvalue weighted by atomic mass is 16.5. The molecule has 2 aromatic heterocycles. The molecule has 3 heterocycles. The summed E-state index contributed by atoms with van der Waals surface area (Å²) >= 11 is 0. The molecule has 0 fully saturated rings. The Kier molecular flexibility index (Phi) is 5.04. The highest BCUT2D eigenvalue weighted by molar-refractivity contribution is 5.94. The van der Waals surface area contributed by atoms with Crippen LogP contribution in [0.4, 0.5) is 0 Å². The van der Waals surface area contributed by atoms with Crippen LogP contribution in [-0.2, 0) is 31.3 Å². The molecule has 0 bridgehead atoms. The molecule has 1 N–H and O–H groups in total. The third kappa shape index (κ3) is 3.37. The maximum Gasteiger partial charge on any atom is 0.270 e. The Hall–Kier alpha value is -2.87. The number of aryl methyl sites for hydroxylation is 2. The summed E-state index contributed by atoms with van der Waals surface area (Å²) in [7, 11) is 3.58. The third-order valence-electron chi connectivity index (χ3n) is 5.50. The second kappa shape index (κ2) is 7.51. The van der Waals surface area contributed by atoms with Gasteiger partial charge in [0.15, 0.2) is 0 Å². The van der Waals surface area contributed by atoms with E-state index in [9.17, 15) is 4.79 Å². The molecule has 4 rings (SSSR count). The lowest BCUT2D eigenvalue weighted by molar-refractivity contribution is -0.00712. The van der Waals surface area contributed by atoms with E-state index in [-0.39, 0.29) is 18.1 Å². The Labute approximate surface area is 169 Å². The van der Waals surface area contributed by atoms with Gasteiger partial charge in [0.2, 0.25) is 0 Å². The zero-order valence-electron chi connectivity index (χ0n) is 17.5. The monoisotopic (exact) mass is 397 g/mol. The fourth-order valence-electron chi connectivity index (χ4n) is 4.03. The van der Waals surface area contributed by atoms with Crippen LogP contribution in [0.1, 0.15) is 54.4 Å². The van der Waals surface area contributed by atoms with Crippen molar-refractivity contribution in [3.05, 3.63) is 41.0 Å². The smallest absolute Gasteiger partial charge is 0.270 e. The molecule has 2 atom stereocenters. The lowest BCUT2D eigenvalue weighted by Crippen LogP contribution is -2.29. The van der Waals surface area contributed by atoms with Crippen molar-refractivity contribution in [3.63, 3.8) is 0 Å². The van der Waals surface area contributed by atoms with Crippen LogP contribution in [0, 0.1) is 0 Å². The number of imidazole rings is 1. The molecular weight excluding hydrogens is 370 g/mol. The predicted octanol–water partition coefficient (Wildman–Crippen LogP) is 2.75. The molecule has 8 heteroatoms. The van der Waals surface area contributed by atoms with Crippen LogP contribution < -0.4 is 10.1 Å². The number of nitrogens with zero attached hydrogens (tertiary/aromatic N) is 4. The topological polar surface area (TPSA) is 83.2 Å². The SMILES string of the molecule is CCn1nc2c(c1C(=O)NCc1nc3cc(OC)ccc3n1C)C[C@H](C)O[C@@H]2C. The lowest BCUT2D eigenvalue weighted by Gasteiger charge is -2.24. The average molecular weight is 397 g/mol. The van der Waals surface area contributed by atoms with E-state index in [1.165, 1.54) is 0 Å². The molecule has 1 aromatic carbocycles. The highest BCUT2D eigenvalue weighted by Crippen LogP contribution is 2.31. The number of aromatic nitrogens is 4. The Balaban J connectivity index is 1.59. The Bertz CT molecular complexity index is 1070. The van der Waals surface area contributed by atoms with Gasteiger partial charge in [-0.05, 0) is 32.9 Å². The number of amides is 1. The molecule has 0 saturated carbocycles. The Morgan fingerprint density at radius 2 is 2.17 bits per heavy atom. The van der Waals surface area contributed by atoms with Gasteiger partial charge in [0, 0.05) is 31.6 Å². The summed E-state index contributed by atoms with van der Waals surface area (Å²) in [5, 5.41) is 7.66. The molecule has 1 amide bonds. The molecule has 8 nitrogen and oxygen atoms in total. The van der Waals surface area contributed by atoms with Crippen molar-refractivity contribution >= 4 is 16.9 Å². The van der Waals surface area contributed by atoms with Gasteiger partial charge in [-0.3, -0.25) is 9.48 Å². The molecule has 1 aliphatic heterocycles. The van der Waals surface area contributed by atoms with E-state index in [0.717, 1.165) is 33.9 Å². The number of nitrogens with one attached hydrogen (secondary N) is 1. The van der Waals surface area contributed by atoms with Gasteiger partial charge in [-0.25, -0.2) is 4.98 Å². The number of rotatable bonds is 5. The van der Waals surface area contributed by atoms with Crippen molar-refractivity contribution in [1.29, 1.82) is 0 Å². The molecule has 3 aromatic rings. The highest BCUT2D eigenvalue weighted by Gasteiger charge is 2.31. The van der Waals surface area contributed by atoms with Crippen molar-refractivity contribution in [2.45, 2.75) is 52.5 Å². The van der Waals surface area contributed by atoms with Crippen molar-refractivity contribution < 1.29 is 14.3 Å². The Morgan fingerprint density at radius 3 is 2.90 bits per heavy atom. The van der Waals surface area contributed by atoms with Gasteiger partial charge in [0.1, 0.15) is 17.3 Å². The minimum absolute atomic E-state index is 0.0633. The van der Waals surface area contributed by atoms with Crippen molar-refractivity contribution in [3.8, 4) is 5.75 Å². The summed E-state index contributed by atoms with van der Waals surface area (Å²) in [5.74, 6) is 1.41. The van der Waals surface area contributed by atoms with E-state index in [1.807, 2.05) is 50.6 Å². The third-order valence-corrected chi connectivity index (χ3v) is 5.50. The number of methoxy groups -OCH3 is 1. The molecule has 154 valence electrons. The van der Waals surface area contributed by atoms with Crippen LogP contribution in [0.25, 0.3) is 11.0 Å². The van der Waals surface area contributed by atoms with Gasteiger partial charge < -0.3 is 19.4 Å². The summed E-state index contributed by atoms with van der Waals surface area (Å²) < 4.78 is 14.9. The first kappa shape index (κ1) is 19.4. The van der Waals surface area contributed by atoms with Crippen LogP contribution in [0.15, 0.2) is 18.2 Å². The molecule has 1 aliphatic rings. The lowest BCUT2D eigenvalue weighted by atomic mass is 9.99. The fourth-order valence-corrected chi connectivity index (χ4v) is 4.03. The van der Waals surface area contributed by atoms with Crippen LogP contribution in [-0.4, -0.2) is 38.5 Å². The largest absolute Gasteiger partial charge is 0.497 e. The molecule has 29 heavy (non-hydrogen) atoms. The molecule has 0 radical (unpaired) electrons. The summed E-state index contributed by atoms with van der Waals surface area (Å²) in [6.07, 6.45) is 0.644. The molecule has 0 unspecified atom stereocenters. The zero-order chi connectivity index (χ0) is 20.7. The van der Waals surface area contributed by atoms with Crippen LogP contribution in [0.2, 0.25) is 0 Å². The zero-order valence-corrected chi connectivity index (χ0v) is 17.5. The minimum Gasteiger partial charge on any atom is -0.497 e. The maximum absolute atomic E-state index is 13.1. The molecule has 0 saturated heterocycles. The number of carbonyl (C=O) groups excluding carboxylic acids is 1. The van der Waals surface area contributed by atoms with E-state index in [4.69, 9.17) is 9.47 Å². The molecule has 0 aliphatic carbocycles. The summed E-state index contributed by atoms with van der Waals surface area (Å²) in [6, 6.07) is 5.77. The number of carbonyl (C=O) groups is 1. The summed E-state index contributed by atoms with van der Waals surface area (Å²) in [4.78, 5) is 17.8. The fraction of sp³-hybridized carbons (Fsp3) is 0.476. The predicted molar refractivity (Wildman–Crippen MR) is 109 cm³/mol. The van der Waals surface area contributed by atoms with Crippen LogP contribution >= 0.6 is 0 Å². The van der Waals surface area contributed by atoms with Crippen LogP contribution in [0.3, 0.4) is 0 Å². The molecule has 0 spiro atoms. The van der Waals surface area contributed by atoms with E-state index in [0.29, 0.717) is 25.2 Å². The van der Waals surface area contributed by atoms with E-state index >= 15 is 0 Å². The number of hydrogen-bond acceptors (Lipinski definition) is 5. The minimum atomic E-state index is -0.133. The quantitative estimate of drug-likeness (QED) is 0.716. The maximum atomic E-state index is 13.1. The average Bonchev–Trinajstić information content (AvgIpc) is 3.23.